The zero-order valence-electron chi connectivity index (χ0n) is 9.82. The van der Waals surface area contributed by atoms with Crippen molar-refractivity contribution in [2.24, 2.45) is 0 Å². The number of nitrogens with zero attached hydrogens (tertiary/aromatic N) is 2. The zero-order valence-corrected chi connectivity index (χ0v) is 12.3. The third-order valence-corrected chi connectivity index (χ3v) is 3.16. The summed E-state index contributed by atoms with van der Waals surface area (Å²) < 4.78 is 14.6. The molecular formula is C13H12BrFN2S. The minimum absolute atomic E-state index is 0.284. The Morgan fingerprint density at radius 2 is 2.06 bits per heavy atom. The summed E-state index contributed by atoms with van der Waals surface area (Å²) in [7, 11) is 0. The van der Waals surface area contributed by atoms with Gasteiger partial charge in [-0.15, -0.1) is 0 Å². The molecule has 0 unspecified atom stereocenters. The van der Waals surface area contributed by atoms with E-state index in [-0.39, 0.29) is 5.82 Å². The number of aromatic nitrogens is 2. The first kappa shape index (κ1) is 13.5. The lowest BCUT2D eigenvalue weighted by Gasteiger charge is -2.07. The van der Waals surface area contributed by atoms with Gasteiger partial charge >= 0.3 is 0 Å². The minimum atomic E-state index is -0.284. The first-order valence-corrected chi connectivity index (χ1v) is 6.93. The van der Waals surface area contributed by atoms with Gasteiger partial charge in [-0.2, -0.15) is 12.6 Å². The second-order valence-electron chi connectivity index (χ2n) is 3.91. The van der Waals surface area contributed by atoms with Crippen molar-refractivity contribution in [3.63, 3.8) is 0 Å². The number of aryl methyl sites for hydroxylation is 2. The van der Waals surface area contributed by atoms with E-state index in [1.165, 1.54) is 6.07 Å². The Kier molecular flexibility index (Phi) is 4.35. The molecule has 0 aliphatic rings. The Morgan fingerprint density at radius 3 is 2.78 bits per heavy atom. The van der Waals surface area contributed by atoms with Crippen LogP contribution in [0.15, 0.2) is 28.7 Å². The summed E-state index contributed by atoms with van der Waals surface area (Å²) in [5, 5.41) is 0. The van der Waals surface area contributed by atoms with Gasteiger partial charge in [0, 0.05) is 22.2 Å². The summed E-state index contributed by atoms with van der Waals surface area (Å²) in [5.74, 6) is 1.08. The number of halogens is 2. The van der Waals surface area contributed by atoms with Gasteiger partial charge in [-0.05, 0) is 36.9 Å². The molecule has 0 aliphatic heterocycles. The fraction of sp³-hybridized carbons (Fsp3) is 0.231. The molecule has 1 aromatic heterocycles. The molecule has 2 aromatic rings. The van der Waals surface area contributed by atoms with Crippen LogP contribution in [0.4, 0.5) is 4.39 Å². The van der Waals surface area contributed by atoms with E-state index in [0.717, 1.165) is 10.2 Å². The van der Waals surface area contributed by atoms with Gasteiger partial charge in [0.1, 0.15) is 11.6 Å². The van der Waals surface area contributed by atoms with E-state index < -0.39 is 0 Å². The van der Waals surface area contributed by atoms with Gasteiger partial charge in [-0.3, -0.25) is 0 Å². The Balaban J connectivity index is 2.52. The van der Waals surface area contributed by atoms with Crippen molar-refractivity contribution in [1.82, 2.24) is 9.97 Å². The molecule has 0 saturated carbocycles. The molecule has 2 nitrogen and oxygen atoms in total. The Hall–Kier alpha value is -0.940. The average molecular weight is 327 g/mol. The van der Waals surface area contributed by atoms with Gasteiger partial charge in [0.2, 0.25) is 0 Å². The van der Waals surface area contributed by atoms with Gasteiger partial charge in [-0.25, -0.2) is 14.4 Å². The van der Waals surface area contributed by atoms with E-state index in [0.29, 0.717) is 29.3 Å². The molecule has 0 saturated heterocycles. The van der Waals surface area contributed by atoms with Gasteiger partial charge in [0.15, 0.2) is 0 Å². The Bertz CT molecular complexity index is 575. The lowest BCUT2D eigenvalue weighted by molar-refractivity contribution is 0.630. The SMILES string of the molecule is Cc1cc(-c2cc(Br)ccc2F)nc(CCS)n1. The second-order valence-corrected chi connectivity index (χ2v) is 5.27. The van der Waals surface area contributed by atoms with Crippen LogP contribution in [0.1, 0.15) is 11.5 Å². The molecule has 0 fully saturated rings. The molecular weight excluding hydrogens is 315 g/mol. The molecule has 94 valence electrons. The fourth-order valence-electron chi connectivity index (χ4n) is 1.67. The van der Waals surface area contributed by atoms with Crippen molar-refractivity contribution in [2.45, 2.75) is 13.3 Å². The molecule has 0 aliphatic carbocycles. The van der Waals surface area contributed by atoms with Crippen LogP contribution in [0.3, 0.4) is 0 Å². The number of rotatable bonds is 3. The summed E-state index contributed by atoms with van der Waals surface area (Å²) in [4.78, 5) is 8.68. The minimum Gasteiger partial charge on any atom is -0.238 e. The highest BCUT2D eigenvalue weighted by Crippen LogP contribution is 2.25. The standard InChI is InChI=1S/C13H12BrFN2S/c1-8-6-12(17-13(16-8)4-5-18)10-7-9(14)2-3-11(10)15/h2-3,6-7,18H,4-5H2,1H3. The molecule has 2 rings (SSSR count). The van der Waals surface area contributed by atoms with Gasteiger partial charge < -0.3 is 0 Å². The van der Waals surface area contributed by atoms with E-state index in [1.807, 2.05) is 6.92 Å². The third-order valence-electron chi connectivity index (χ3n) is 2.44. The van der Waals surface area contributed by atoms with Crippen molar-refractivity contribution < 1.29 is 4.39 Å². The largest absolute Gasteiger partial charge is 0.238 e. The third kappa shape index (κ3) is 3.09. The predicted octanol–water partition coefficient (Wildman–Crippen LogP) is 3.83. The predicted molar refractivity (Wildman–Crippen MR) is 77.4 cm³/mol. The summed E-state index contributed by atoms with van der Waals surface area (Å²) in [6.45, 7) is 1.88. The maximum Gasteiger partial charge on any atom is 0.132 e. The van der Waals surface area contributed by atoms with E-state index in [1.54, 1.807) is 18.2 Å². The highest BCUT2D eigenvalue weighted by Gasteiger charge is 2.09. The molecule has 0 spiro atoms. The first-order chi connectivity index (χ1) is 8.60. The average Bonchev–Trinajstić information content (AvgIpc) is 2.32. The van der Waals surface area contributed by atoms with Gasteiger partial charge in [0.25, 0.3) is 0 Å². The number of benzene rings is 1. The summed E-state index contributed by atoms with van der Waals surface area (Å²) in [5.41, 5.74) is 1.92. The summed E-state index contributed by atoms with van der Waals surface area (Å²) >= 11 is 7.50. The monoisotopic (exact) mass is 326 g/mol. The topological polar surface area (TPSA) is 25.8 Å². The van der Waals surface area contributed by atoms with Crippen molar-refractivity contribution in [1.29, 1.82) is 0 Å². The lowest BCUT2D eigenvalue weighted by atomic mass is 10.1. The molecule has 0 atom stereocenters. The normalized spacial score (nSPS) is 10.7. The van der Waals surface area contributed by atoms with Crippen LogP contribution in [-0.2, 0) is 6.42 Å². The molecule has 18 heavy (non-hydrogen) atoms. The summed E-state index contributed by atoms with van der Waals surface area (Å²) in [6.07, 6.45) is 0.674. The zero-order chi connectivity index (χ0) is 13.1. The van der Waals surface area contributed by atoms with Crippen molar-refractivity contribution in [3.8, 4) is 11.3 Å². The smallest absolute Gasteiger partial charge is 0.132 e. The van der Waals surface area contributed by atoms with Crippen LogP contribution in [0.25, 0.3) is 11.3 Å². The molecule has 1 aromatic carbocycles. The van der Waals surface area contributed by atoms with Crippen molar-refractivity contribution in [3.05, 3.63) is 46.1 Å². The van der Waals surface area contributed by atoms with E-state index >= 15 is 0 Å². The van der Waals surface area contributed by atoms with Crippen LogP contribution in [0.5, 0.6) is 0 Å². The highest BCUT2D eigenvalue weighted by molar-refractivity contribution is 9.10. The fourth-order valence-corrected chi connectivity index (χ4v) is 2.23. The van der Waals surface area contributed by atoms with Gasteiger partial charge in [-0.1, -0.05) is 15.9 Å². The lowest BCUT2D eigenvalue weighted by Crippen LogP contribution is -2.01. The van der Waals surface area contributed by atoms with Crippen molar-refractivity contribution >= 4 is 28.6 Å². The molecule has 0 amide bonds. The van der Waals surface area contributed by atoms with Crippen LogP contribution >= 0.6 is 28.6 Å². The van der Waals surface area contributed by atoms with E-state index in [2.05, 4.69) is 38.5 Å². The van der Waals surface area contributed by atoms with E-state index in [4.69, 9.17) is 0 Å². The molecule has 1 heterocycles. The molecule has 0 radical (unpaired) electrons. The van der Waals surface area contributed by atoms with Crippen molar-refractivity contribution in [2.75, 3.05) is 5.75 Å². The summed E-state index contributed by atoms with van der Waals surface area (Å²) in [6, 6.07) is 6.60. The highest BCUT2D eigenvalue weighted by atomic mass is 79.9. The quantitative estimate of drug-likeness (QED) is 0.867. The number of thiol groups is 1. The maximum absolute atomic E-state index is 13.8. The van der Waals surface area contributed by atoms with Crippen LogP contribution < -0.4 is 0 Å². The molecule has 5 heteroatoms. The molecule has 0 bridgehead atoms. The second kappa shape index (κ2) is 5.80. The number of hydrogen-bond acceptors (Lipinski definition) is 3. The number of hydrogen-bond donors (Lipinski definition) is 1. The van der Waals surface area contributed by atoms with Crippen LogP contribution in [0.2, 0.25) is 0 Å². The first-order valence-electron chi connectivity index (χ1n) is 5.51. The van der Waals surface area contributed by atoms with Crippen LogP contribution in [-0.4, -0.2) is 15.7 Å². The molecule has 0 N–H and O–H groups in total. The van der Waals surface area contributed by atoms with Crippen LogP contribution in [0, 0.1) is 12.7 Å². The Labute approximate surface area is 119 Å². The maximum atomic E-state index is 13.8. The van der Waals surface area contributed by atoms with E-state index in [9.17, 15) is 4.39 Å². The van der Waals surface area contributed by atoms with Gasteiger partial charge in [0.05, 0.1) is 5.69 Å². The Morgan fingerprint density at radius 1 is 1.28 bits per heavy atom.